The smallest absolute Gasteiger partial charge is 0.0834 e. The normalized spacial score (nSPS) is 15.7. The van der Waals surface area contributed by atoms with Crippen LogP contribution in [0.15, 0.2) is 6.20 Å². The molecule has 86 valence electrons. The minimum atomic E-state index is 0.255. The standard InChI is InChI=1S/C11H20ClN3/c1-7(2)8(3)10(13-4)11-9(12)6-14-15(11)5/h6-8,10,13H,1-5H3. The van der Waals surface area contributed by atoms with Crippen molar-refractivity contribution in [3.8, 4) is 0 Å². The van der Waals surface area contributed by atoms with Crippen LogP contribution < -0.4 is 5.32 Å². The molecule has 0 aliphatic rings. The zero-order chi connectivity index (χ0) is 11.6. The van der Waals surface area contributed by atoms with Crippen LogP contribution in [-0.2, 0) is 7.05 Å². The second kappa shape index (κ2) is 4.99. The fraction of sp³-hybridized carbons (Fsp3) is 0.727. The molecule has 2 atom stereocenters. The lowest BCUT2D eigenvalue weighted by atomic mass is 9.88. The van der Waals surface area contributed by atoms with E-state index < -0.39 is 0 Å². The molecule has 0 spiro atoms. The number of aromatic nitrogens is 2. The van der Waals surface area contributed by atoms with E-state index in [2.05, 4.69) is 31.2 Å². The van der Waals surface area contributed by atoms with Gasteiger partial charge in [-0.2, -0.15) is 5.10 Å². The molecule has 0 fully saturated rings. The summed E-state index contributed by atoms with van der Waals surface area (Å²) < 4.78 is 1.85. The minimum Gasteiger partial charge on any atom is -0.311 e. The highest BCUT2D eigenvalue weighted by atomic mass is 35.5. The van der Waals surface area contributed by atoms with E-state index in [-0.39, 0.29) is 6.04 Å². The topological polar surface area (TPSA) is 29.9 Å². The third-order valence-electron chi connectivity index (χ3n) is 3.12. The van der Waals surface area contributed by atoms with Gasteiger partial charge in [0, 0.05) is 7.05 Å². The Morgan fingerprint density at radius 2 is 2.00 bits per heavy atom. The molecular formula is C11H20ClN3. The van der Waals surface area contributed by atoms with Crippen molar-refractivity contribution in [2.75, 3.05) is 7.05 Å². The molecule has 15 heavy (non-hydrogen) atoms. The van der Waals surface area contributed by atoms with E-state index in [4.69, 9.17) is 11.6 Å². The molecule has 1 rings (SSSR count). The average Bonchev–Trinajstić information content (AvgIpc) is 2.50. The van der Waals surface area contributed by atoms with E-state index in [1.54, 1.807) is 6.20 Å². The molecule has 0 saturated carbocycles. The predicted octanol–water partition coefficient (Wildman–Crippen LogP) is 2.63. The number of hydrogen-bond donors (Lipinski definition) is 1. The summed E-state index contributed by atoms with van der Waals surface area (Å²) in [6, 6.07) is 0.255. The van der Waals surface area contributed by atoms with Crippen molar-refractivity contribution < 1.29 is 0 Å². The van der Waals surface area contributed by atoms with Gasteiger partial charge in [0.15, 0.2) is 0 Å². The van der Waals surface area contributed by atoms with Crippen LogP contribution in [0.1, 0.15) is 32.5 Å². The van der Waals surface area contributed by atoms with Crippen molar-refractivity contribution in [3.05, 3.63) is 16.9 Å². The summed E-state index contributed by atoms with van der Waals surface area (Å²) in [7, 11) is 3.89. The van der Waals surface area contributed by atoms with Crippen molar-refractivity contribution in [3.63, 3.8) is 0 Å². The number of nitrogens with zero attached hydrogens (tertiary/aromatic N) is 2. The van der Waals surface area contributed by atoms with Gasteiger partial charge in [0.25, 0.3) is 0 Å². The highest BCUT2D eigenvalue weighted by molar-refractivity contribution is 6.31. The van der Waals surface area contributed by atoms with E-state index in [0.717, 1.165) is 10.7 Å². The molecule has 4 heteroatoms. The van der Waals surface area contributed by atoms with Crippen LogP contribution in [0.3, 0.4) is 0 Å². The van der Waals surface area contributed by atoms with E-state index in [9.17, 15) is 0 Å². The number of halogens is 1. The summed E-state index contributed by atoms with van der Waals surface area (Å²) in [6.07, 6.45) is 1.70. The third-order valence-corrected chi connectivity index (χ3v) is 3.41. The maximum Gasteiger partial charge on any atom is 0.0834 e. The Hall–Kier alpha value is -0.540. The van der Waals surface area contributed by atoms with Gasteiger partial charge in [0.1, 0.15) is 0 Å². The van der Waals surface area contributed by atoms with Crippen molar-refractivity contribution >= 4 is 11.6 Å². The lowest BCUT2D eigenvalue weighted by Crippen LogP contribution is -2.28. The highest BCUT2D eigenvalue weighted by Crippen LogP contribution is 2.31. The summed E-state index contributed by atoms with van der Waals surface area (Å²) in [5.41, 5.74) is 1.07. The molecule has 0 aliphatic carbocycles. The van der Waals surface area contributed by atoms with E-state index in [1.807, 2.05) is 18.8 Å². The number of hydrogen-bond acceptors (Lipinski definition) is 2. The first kappa shape index (κ1) is 12.5. The van der Waals surface area contributed by atoms with E-state index in [0.29, 0.717) is 11.8 Å². The molecule has 1 aromatic rings. The molecule has 1 aromatic heterocycles. The van der Waals surface area contributed by atoms with Crippen molar-refractivity contribution in [2.24, 2.45) is 18.9 Å². The molecule has 3 nitrogen and oxygen atoms in total. The van der Waals surface area contributed by atoms with Crippen molar-refractivity contribution in [1.29, 1.82) is 0 Å². The molecule has 0 aromatic carbocycles. The van der Waals surface area contributed by atoms with Gasteiger partial charge in [0.05, 0.1) is 23.0 Å². The van der Waals surface area contributed by atoms with Gasteiger partial charge in [-0.05, 0) is 18.9 Å². The SMILES string of the molecule is CNC(c1c(Cl)cnn1C)C(C)C(C)C. The first-order chi connectivity index (χ1) is 6.99. The quantitative estimate of drug-likeness (QED) is 0.860. The molecule has 0 amide bonds. The Balaban J connectivity index is 3.02. The summed E-state index contributed by atoms with van der Waals surface area (Å²) in [5, 5.41) is 8.23. The molecule has 1 heterocycles. The number of rotatable bonds is 4. The second-order valence-corrected chi connectivity index (χ2v) is 4.78. The van der Waals surface area contributed by atoms with Gasteiger partial charge in [-0.1, -0.05) is 32.4 Å². The van der Waals surface area contributed by atoms with Gasteiger partial charge in [-0.25, -0.2) is 0 Å². The Morgan fingerprint density at radius 3 is 2.33 bits per heavy atom. The van der Waals surface area contributed by atoms with E-state index in [1.165, 1.54) is 0 Å². The van der Waals surface area contributed by atoms with Gasteiger partial charge < -0.3 is 5.32 Å². The third kappa shape index (κ3) is 2.52. The number of nitrogens with one attached hydrogen (secondary N) is 1. The predicted molar refractivity (Wildman–Crippen MR) is 64.0 cm³/mol. The van der Waals surface area contributed by atoms with Crippen molar-refractivity contribution in [1.82, 2.24) is 15.1 Å². The van der Waals surface area contributed by atoms with E-state index >= 15 is 0 Å². The van der Waals surface area contributed by atoms with Crippen LogP contribution in [0.4, 0.5) is 0 Å². The summed E-state index contributed by atoms with van der Waals surface area (Å²) in [5.74, 6) is 1.12. The Labute approximate surface area is 96.8 Å². The minimum absolute atomic E-state index is 0.255. The maximum absolute atomic E-state index is 6.14. The summed E-state index contributed by atoms with van der Waals surface area (Å²) >= 11 is 6.14. The lowest BCUT2D eigenvalue weighted by Gasteiger charge is -2.27. The largest absolute Gasteiger partial charge is 0.311 e. The van der Waals surface area contributed by atoms with Gasteiger partial charge in [-0.3, -0.25) is 4.68 Å². The Kier molecular flexibility index (Phi) is 4.17. The zero-order valence-corrected chi connectivity index (χ0v) is 10.8. The monoisotopic (exact) mass is 229 g/mol. The number of aryl methyl sites for hydroxylation is 1. The molecule has 0 aliphatic heterocycles. The first-order valence-electron chi connectivity index (χ1n) is 5.33. The Bertz CT molecular complexity index is 300. The first-order valence-corrected chi connectivity index (χ1v) is 5.71. The molecule has 1 N–H and O–H groups in total. The molecule has 0 radical (unpaired) electrons. The van der Waals surface area contributed by atoms with Crippen LogP contribution in [0, 0.1) is 11.8 Å². The van der Waals surface area contributed by atoms with Crippen LogP contribution in [0.5, 0.6) is 0 Å². The molecule has 0 bridgehead atoms. The second-order valence-electron chi connectivity index (χ2n) is 4.37. The fourth-order valence-corrected chi connectivity index (χ4v) is 2.09. The van der Waals surface area contributed by atoms with Crippen LogP contribution in [0.25, 0.3) is 0 Å². The fourth-order valence-electron chi connectivity index (χ4n) is 1.80. The van der Waals surface area contributed by atoms with Gasteiger partial charge >= 0.3 is 0 Å². The van der Waals surface area contributed by atoms with Crippen LogP contribution >= 0.6 is 11.6 Å². The zero-order valence-electron chi connectivity index (χ0n) is 10.1. The maximum atomic E-state index is 6.14. The molecule has 2 unspecified atom stereocenters. The van der Waals surface area contributed by atoms with Crippen LogP contribution in [0.2, 0.25) is 5.02 Å². The highest BCUT2D eigenvalue weighted by Gasteiger charge is 2.25. The molecule has 0 saturated heterocycles. The van der Waals surface area contributed by atoms with Crippen molar-refractivity contribution in [2.45, 2.75) is 26.8 Å². The van der Waals surface area contributed by atoms with Crippen LogP contribution in [-0.4, -0.2) is 16.8 Å². The van der Waals surface area contributed by atoms with Gasteiger partial charge in [0.2, 0.25) is 0 Å². The Morgan fingerprint density at radius 1 is 1.40 bits per heavy atom. The average molecular weight is 230 g/mol. The lowest BCUT2D eigenvalue weighted by molar-refractivity contribution is 0.305. The molecular weight excluding hydrogens is 210 g/mol. The summed E-state index contributed by atoms with van der Waals surface area (Å²) in [4.78, 5) is 0. The summed E-state index contributed by atoms with van der Waals surface area (Å²) in [6.45, 7) is 6.67. The van der Waals surface area contributed by atoms with Gasteiger partial charge in [-0.15, -0.1) is 0 Å².